The standard InChI is InChI=1S/C24H17Cl2N3O6S2/c1-12-15(10-19-21(32)28(24(36)37-19)17(23(33)34)11-20(30)31)22(29(27-12)14-5-3-2-4-6-14)35-18-8-7-13(25)9-16(18)26/h2-10,17H,11H2,1H3,(H,30,31)(H,33,34)/b19-10-/t17-/m0/s1. The van der Waals surface area contributed by atoms with Crippen LogP contribution in [0, 0.1) is 6.92 Å². The lowest BCUT2D eigenvalue weighted by Gasteiger charge is -2.21. The van der Waals surface area contributed by atoms with Crippen LogP contribution in [0.5, 0.6) is 11.6 Å². The summed E-state index contributed by atoms with van der Waals surface area (Å²) in [7, 11) is 0. The number of nitrogens with zero attached hydrogens (tertiary/aromatic N) is 3. The van der Waals surface area contributed by atoms with Crippen LogP contribution in [0.15, 0.2) is 53.4 Å². The maximum absolute atomic E-state index is 13.2. The number of para-hydroxylation sites is 1. The predicted molar refractivity (Wildman–Crippen MR) is 144 cm³/mol. The molecular weight excluding hydrogens is 561 g/mol. The van der Waals surface area contributed by atoms with Crippen molar-refractivity contribution in [3.63, 3.8) is 0 Å². The molecule has 1 aromatic heterocycles. The number of thiocarbonyl (C=S) groups is 1. The number of thioether (sulfide) groups is 1. The number of ether oxygens (including phenoxy) is 1. The fourth-order valence-corrected chi connectivity index (χ4v) is 5.31. The SMILES string of the molecule is Cc1nn(-c2ccccc2)c(Oc2ccc(Cl)cc2Cl)c1/C=C1\SC(=S)N([C@@H](CC(=O)O)C(=O)O)C1=O. The van der Waals surface area contributed by atoms with Gasteiger partial charge in [-0.05, 0) is 43.3 Å². The van der Waals surface area contributed by atoms with Gasteiger partial charge in [0.1, 0.15) is 16.1 Å². The van der Waals surface area contributed by atoms with E-state index in [2.05, 4.69) is 5.10 Å². The Hall–Kier alpha value is -3.38. The number of benzene rings is 2. The van der Waals surface area contributed by atoms with E-state index < -0.39 is 30.3 Å². The van der Waals surface area contributed by atoms with Crippen molar-refractivity contribution < 1.29 is 29.3 Å². The van der Waals surface area contributed by atoms with E-state index in [-0.39, 0.29) is 25.9 Å². The second kappa shape index (κ2) is 10.9. The molecule has 37 heavy (non-hydrogen) atoms. The smallest absolute Gasteiger partial charge is 0.327 e. The highest BCUT2D eigenvalue weighted by Crippen LogP contribution is 2.40. The van der Waals surface area contributed by atoms with Gasteiger partial charge in [-0.25, -0.2) is 4.79 Å². The number of carbonyl (C=O) groups is 3. The molecule has 0 bridgehead atoms. The number of hydrogen-bond acceptors (Lipinski definition) is 7. The zero-order chi connectivity index (χ0) is 26.9. The summed E-state index contributed by atoms with van der Waals surface area (Å²) < 4.78 is 7.64. The highest BCUT2D eigenvalue weighted by molar-refractivity contribution is 8.26. The Labute approximate surface area is 230 Å². The number of halogens is 2. The molecule has 0 spiro atoms. The van der Waals surface area contributed by atoms with Gasteiger partial charge in [0.25, 0.3) is 5.91 Å². The Morgan fingerprint density at radius 1 is 1.19 bits per heavy atom. The Kier molecular flexibility index (Phi) is 7.88. The number of rotatable bonds is 8. The number of aromatic nitrogens is 2. The van der Waals surface area contributed by atoms with Crippen LogP contribution in [-0.2, 0) is 14.4 Å². The summed E-state index contributed by atoms with van der Waals surface area (Å²) in [5.74, 6) is -3.06. The van der Waals surface area contributed by atoms with Crippen molar-refractivity contribution >= 4 is 75.4 Å². The van der Waals surface area contributed by atoms with Gasteiger partial charge in [-0.3, -0.25) is 14.5 Å². The molecule has 2 N–H and O–H groups in total. The molecule has 2 heterocycles. The zero-order valence-corrected chi connectivity index (χ0v) is 22.1. The minimum Gasteiger partial charge on any atom is -0.481 e. The highest BCUT2D eigenvalue weighted by Gasteiger charge is 2.42. The van der Waals surface area contributed by atoms with E-state index in [1.54, 1.807) is 19.1 Å². The molecule has 1 aliphatic heterocycles. The van der Waals surface area contributed by atoms with Crippen LogP contribution in [0.25, 0.3) is 11.8 Å². The van der Waals surface area contributed by atoms with Crippen LogP contribution in [0.1, 0.15) is 17.7 Å². The summed E-state index contributed by atoms with van der Waals surface area (Å²) in [6.07, 6.45) is 0.684. The summed E-state index contributed by atoms with van der Waals surface area (Å²) in [5.41, 5.74) is 1.58. The maximum atomic E-state index is 13.2. The molecule has 1 aliphatic rings. The summed E-state index contributed by atoms with van der Waals surface area (Å²) >= 11 is 18.4. The van der Waals surface area contributed by atoms with Crippen molar-refractivity contribution in [2.45, 2.75) is 19.4 Å². The molecule has 13 heteroatoms. The van der Waals surface area contributed by atoms with Crippen LogP contribution in [-0.4, -0.2) is 53.1 Å². The van der Waals surface area contributed by atoms with Gasteiger partial charge in [0.05, 0.1) is 33.3 Å². The largest absolute Gasteiger partial charge is 0.481 e. The maximum Gasteiger partial charge on any atom is 0.327 e. The Bertz CT molecular complexity index is 1460. The van der Waals surface area contributed by atoms with Gasteiger partial charge >= 0.3 is 11.9 Å². The van der Waals surface area contributed by atoms with Gasteiger partial charge in [-0.1, -0.05) is 65.4 Å². The van der Waals surface area contributed by atoms with E-state index in [0.717, 1.165) is 16.7 Å². The molecule has 1 atom stereocenters. The molecule has 0 aliphatic carbocycles. The second-order valence-corrected chi connectivity index (χ2v) is 10.3. The first-order valence-electron chi connectivity index (χ1n) is 10.6. The number of carboxylic acid groups (broad SMARTS) is 2. The van der Waals surface area contributed by atoms with Crippen molar-refractivity contribution in [3.05, 3.63) is 74.7 Å². The number of hydrogen-bond donors (Lipinski definition) is 2. The molecule has 2 aromatic carbocycles. The van der Waals surface area contributed by atoms with E-state index in [0.29, 0.717) is 22.0 Å². The lowest BCUT2D eigenvalue weighted by Crippen LogP contribution is -2.45. The summed E-state index contributed by atoms with van der Waals surface area (Å²) in [4.78, 5) is 37.0. The van der Waals surface area contributed by atoms with Crippen LogP contribution < -0.4 is 4.74 Å². The normalized spacial score (nSPS) is 15.3. The Balaban J connectivity index is 1.81. The van der Waals surface area contributed by atoms with Crippen molar-refractivity contribution in [3.8, 4) is 17.3 Å². The van der Waals surface area contributed by atoms with Gasteiger partial charge in [0, 0.05) is 5.02 Å². The van der Waals surface area contributed by atoms with E-state index in [1.165, 1.54) is 16.8 Å². The first-order chi connectivity index (χ1) is 17.6. The summed E-state index contributed by atoms with van der Waals surface area (Å²) in [5, 5.41) is 23.9. The van der Waals surface area contributed by atoms with E-state index in [1.807, 2.05) is 30.3 Å². The summed E-state index contributed by atoms with van der Waals surface area (Å²) in [6.45, 7) is 1.72. The van der Waals surface area contributed by atoms with Gasteiger partial charge in [-0.2, -0.15) is 9.78 Å². The molecule has 4 rings (SSSR count). The molecule has 190 valence electrons. The van der Waals surface area contributed by atoms with Crippen molar-refractivity contribution in [1.29, 1.82) is 0 Å². The first kappa shape index (κ1) is 26.7. The van der Waals surface area contributed by atoms with E-state index >= 15 is 0 Å². The van der Waals surface area contributed by atoms with Crippen molar-refractivity contribution in [2.24, 2.45) is 0 Å². The average Bonchev–Trinajstić information content (AvgIpc) is 3.29. The quantitative estimate of drug-likeness (QED) is 0.267. The molecule has 1 saturated heterocycles. The number of aliphatic carboxylic acids is 2. The van der Waals surface area contributed by atoms with E-state index in [9.17, 15) is 19.5 Å². The van der Waals surface area contributed by atoms with Gasteiger partial charge < -0.3 is 14.9 Å². The molecule has 0 unspecified atom stereocenters. The minimum absolute atomic E-state index is 0.0683. The highest BCUT2D eigenvalue weighted by atomic mass is 35.5. The molecule has 9 nitrogen and oxygen atoms in total. The number of carbonyl (C=O) groups excluding carboxylic acids is 1. The van der Waals surface area contributed by atoms with E-state index in [4.69, 9.17) is 45.3 Å². The van der Waals surface area contributed by atoms with Crippen molar-refractivity contribution in [1.82, 2.24) is 14.7 Å². The zero-order valence-electron chi connectivity index (χ0n) is 18.9. The number of carboxylic acids is 2. The molecular formula is C24H17Cl2N3O6S2. The lowest BCUT2D eigenvalue weighted by atomic mass is 10.1. The molecule has 0 radical (unpaired) electrons. The average molecular weight is 578 g/mol. The third kappa shape index (κ3) is 5.64. The number of aryl methyl sites for hydroxylation is 1. The second-order valence-electron chi connectivity index (χ2n) is 7.73. The first-order valence-corrected chi connectivity index (χ1v) is 12.5. The molecule has 1 fully saturated rings. The molecule has 3 aromatic rings. The fraction of sp³-hybridized carbons (Fsp3) is 0.125. The van der Waals surface area contributed by atoms with Crippen LogP contribution in [0.2, 0.25) is 10.0 Å². The Morgan fingerprint density at radius 2 is 1.89 bits per heavy atom. The van der Waals surface area contributed by atoms with Gasteiger partial charge in [0.15, 0.2) is 0 Å². The van der Waals surface area contributed by atoms with Crippen LogP contribution in [0.4, 0.5) is 0 Å². The third-order valence-corrected chi connectivity index (χ3v) is 7.09. The lowest BCUT2D eigenvalue weighted by molar-refractivity contribution is -0.150. The van der Waals surface area contributed by atoms with Gasteiger partial charge in [-0.15, -0.1) is 0 Å². The number of amides is 1. The van der Waals surface area contributed by atoms with Crippen molar-refractivity contribution in [2.75, 3.05) is 0 Å². The monoisotopic (exact) mass is 577 g/mol. The predicted octanol–water partition coefficient (Wildman–Crippen LogP) is 5.41. The van der Waals surface area contributed by atoms with Crippen LogP contribution >= 0.6 is 47.2 Å². The van der Waals surface area contributed by atoms with Crippen LogP contribution in [0.3, 0.4) is 0 Å². The summed E-state index contributed by atoms with van der Waals surface area (Å²) in [6, 6.07) is 12.2. The third-order valence-electron chi connectivity index (χ3n) is 5.23. The van der Waals surface area contributed by atoms with Gasteiger partial charge in [0.2, 0.25) is 5.88 Å². The fourth-order valence-electron chi connectivity index (χ4n) is 3.52. The topological polar surface area (TPSA) is 122 Å². The molecule has 0 saturated carbocycles. The minimum atomic E-state index is -1.65. The Morgan fingerprint density at radius 3 is 2.51 bits per heavy atom. The molecule has 1 amide bonds.